The van der Waals surface area contributed by atoms with Crippen molar-refractivity contribution in [1.82, 2.24) is 0 Å². The molecule has 9 aromatic rings. The molecule has 0 bridgehead atoms. The first kappa shape index (κ1) is 33.9. The minimum Gasteiger partial charge on any atom is -0.458 e. The van der Waals surface area contributed by atoms with E-state index in [4.69, 9.17) is 9.47 Å². The Labute approximate surface area is 344 Å². The highest BCUT2D eigenvalue weighted by Gasteiger charge is 2.44. The Morgan fingerprint density at radius 3 is 1.90 bits per heavy atom. The lowest BCUT2D eigenvalue weighted by atomic mass is 9.33. The number of ether oxygens (including phenoxy) is 2. The molecule has 0 spiro atoms. The molecular weight excluding hydrogens is 719 g/mol. The lowest BCUT2D eigenvalue weighted by Crippen LogP contribution is -2.59. The van der Waals surface area contributed by atoms with Crippen molar-refractivity contribution in [3.8, 4) is 23.0 Å². The summed E-state index contributed by atoms with van der Waals surface area (Å²) in [4.78, 5) is 4.81. The average Bonchev–Trinajstić information content (AvgIpc) is 3.27. The van der Waals surface area contributed by atoms with Gasteiger partial charge >= 0.3 is 0 Å². The molecule has 59 heavy (non-hydrogen) atoms. The largest absolute Gasteiger partial charge is 0.458 e. The van der Waals surface area contributed by atoms with Crippen molar-refractivity contribution in [2.45, 2.75) is 26.2 Å². The van der Waals surface area contributed by atoms with Crippen molar-refractivity contribution < 1.29 is 9.47 Å². The minimum atomic E-state index is -0.255. The summed E-state index contributed by atoms with van der Waals surface area (Å²) < 4.78 is 13.6. The molecule has 0 amide bonds. The third-order valence-corrected chi connectivity index (χ3v) is 12.8. The molecule has 0 fully saturated rings. The van der Waals surface area contributed by atoms with Gasteiger partial charge in [0.25, 0.3) is 6.71 Å². The van der Waals surface area contributed by atoms with E-state index < -0.39 is 0 Å². The predicted octanol–water partition coefficient (Wildman–Crippen LogP) is 12.6. The molecule has 280 valence electrons. The summed E-state index contributed by atoms with van der Waals surface area (Å²) >= 11 is 0. The van der Waals surface area contributed by atoms with Crippen molar-refractivity contribution >= 4 is 78.8 Å². The van der Waals surface area contributed by atoms with Crippen LogP contribution in [-0.2, 0) is 5.41 Å². The maximum Gasteiger partial charge on any atom is 0.257 e. The van der Waals surface area contributed by atoms with E-state index in [0.29, 0.717) is 0 Å². The Morgan fingerprint density at radius 2 is 1.08 bits per heavy atom. The summed E-state index contributed by atoms with van der Waals surface area (Å²) in [5, 5.41) is 5.00. The quantitative estimate of drug-likeness (QED) is 0.132. The molecule has 5 heteroatoms. The van der Waals surface area contributed by atoms with Crippen LogP contribution in [0.25, 0.3) is 21.5 Å². The van der Waals surface area contributed by atoms with Crippen molar-refractivity contribution in [2.75, 3.05) is 9.80 Å². The first-order valence-corrected chi connectivity index (χ1v) is 20.5. The number of hydrogen-bond donors (Lipinski definition) is 0. The van der Waals surface area contributed by atoms with E-state index in [9.17, 15) is 0 Å². The highest BCUT2D eigenvalue weighted by Crippen LogP contribution is 2.51. The zero-order chi connectivity index (χ0) is 39.4. The third-order valence-electron chi connectivity index (χ3n) is 12.8. The SMILES string of the molecule is Cc1ccc(N(c2ccc3c(c2)Oc2cccc4c2B3c2c(c3ccccc3c3ccccc23)N4c2ccccc2)c2ccc3c(c2)C(C)(C)c2ccccc2O3)cc1. The fourth-order valence-corrected chi connectivity index (χ4v) is 10.0. The molecule has 0 N–H and O–H groups in total. The van der Waals surface area contributed by atoms with E-state index in [2.05, 4.69) is 206 Å². The van der Waals surface area contributed by atoms with Gasteiger partial charge in [-0.2, -0.15) is 0 Å². The Kier molecular flexibility index (Phi) is 7.25. The van der Waals surface area contributed by atoms with E-state index in [1.165, 1.54) is 49.3 Å². The number of hydrogen-bond acceptors (Lipinski definition) is 4. The van der Waals surface area contributed by atoms with Crippen LogP contribution in [0.5, 0.6) is 23.0 Å². The fraction of sp³-hybridized carbons (Fsp3) is 0.0741. The standard InChI is InChI=1S/C54H39BN2O2/c1-34-24-26-36(27-25-34)56(37-29-31-48-44(32-37)54(2,3)43-20-11-12-22-47(43)58-48)38-28-30-45-50(33-38)59-49-23-13-21-46-52(49)55(45)51-41-18-9-7-16-39(41)40-17-8-10-19-42(40)53(51)57(46)35-14-5-4-6-15-35/h4-33H,1-3H3. The molecule has 0 radical (unpaired) electrons. The van der Waals surface area contributed by atoms with Crippen LogP contribution in [0.15, 0.2) is 182 Å². The van der Waals surface area contributed by atoms with Crippen LogP contribution >= 0.6 is 0 Å². The lowest BCUT2D eigenvalue weighted by Gasteiger charge is -2.41. The summed E-state index contributed by atoms with van der Waals surface area (Å²) in [6.45, 7) is 6.66. The van der Waals surface area contributed by atoms with Crippen molar-refractivity contribution in [1.29, 1.82) is 0 Å². The van der Waals surface area contributed by atoms with E-state index in [0.717, 1.165) is 62.5 Å². The Morgan fingerprint density at radius 1 is 0.475 bits per heavy atom. The number of aryl methyl sites for hydroxylation is 1. The molecule has 12 rings (SSSR count). The number of nitrogens with zero attached hydrogens (tertiary/aromatic N) is 2. The molecule has 0 saturated carbocycles. The van der Waals surface area contributed by atoms with Crippen molar-refractivity contribution in [3.63, 3.8) is 0 Å². The van der Waals surface area contributed by atoms with Crippen LogP contribution in [0.1, 0.15) is 30.5 Å². The van der Waals surface area contributed by atoms with Crippen LogP contribution in [0.3, 0.4) is 0 Å². The van der Waals surface area contributed by atoms with Gasteiger partial charge in [0.05, 0.1) is 0 Å². The topological polar surface area (TPSA) is 24.9 Å². The predicted molar refractivity (Wildman–Crippen MR) is 245 cm³/mol. The van der Waals surface area contributed by atoms with Gasteiger partial charge in [0.15, 0.2) is 0 Å². The molecule has 0 aliphatic carbocycles. The third kappa shape index (κ3) is 4.98. The van der Waals surface area contributed by atoms with Gasteiger partial charge < -0.3 is 19.3 Å². The molecular formula is C54H39BN2O2. The van der Waals surface area contributed by atoms with Crippen LogP contribution < -0.4 is 35.7 Å². The van der Waals surface area contributed by atoms with Gasteiger partial charge in [0, 0.05) is 62.1 Å². The van der Waals surface area contributed by atoms with Crippen LogP contribution in [0.2, 0.25) is 0 Å². The highest BCUT2D eigenvalue weighted by molar-refractivity contribution is 7.01. The minimum absolute atomic E-state index is 0.0574. The second-order valence-corrected chi connectivity index (χ2v) is 16.5. The molecule has 3 heterocycles. The van der Waals surface area contributed by atoms with E-state index in [1.54, 1.807) is 0 Å². The normalized spacial score (nSPS) is 14.0. The number of fused-ring (bicyclic) bond motifs is 11. The van der Waals surface area contributed by atoms with Crippen molar-refractivity contribution in [3.05, 3.63) is 199 Å². The molecule has 0 saturated heterocycles. The summed E-state index contributed by atoms with van der Waals surface area (Å²) in [5.74, 6) is 3.55. The monoisotopic (exact) mass is 758 g/mol. The van der Waals surface area contributed by atoms with Crippen LogP contribution in [0.4, 0.5) is 34.1 Å². The lowest BCUT2D eigenvalue weighted by molar-refractivity contribution is 0.418. The first-order chi connectivity index (χ1) is 28.9. The average molecular weight is 759 g/mol. The van der Waals surface area contributed by atoms with Gasteiger partial charge in [-0.1, -0.05) is 129 Å². The molecule has 0 atom stereocenters. The van der Waals surface area contributed by atoms with E-state index in [-0.39, 0.29) is 12.1 Å². The van der Waals surface area contributed by atoms with Gasteiger partial charge in [0.2, 0.25) is 0 Å². The number of para-hydroxylation sites is 2. The maximum absolute atomic E-state index is 7.09. The second kappa shape index (κ2) is 12.6. The molecule has 3 aliphatic rings. The Balaban J connectivity index is 1.08. The van der Waals surface area contributed by atoms with Gasteiger partial charge in [-0.25, -0.2) is 0 Å². The summed E-state index contributed by atoms with van der Waals surface area (Å²) in [6.07, 6.45) is 0. The smallest absolute Gasteiger partial charge is 0.257 e. The van der Waals surface area contributed by atoms with Gasteiger partial charge in [-0.05, 0) is 106 Å². The molecule has 0 unspecified atom stereocenters. The van der Waals surface area contributed by atoms with Crippen LogP contribution in [-0.4, -0.2) is 6.71 Å². The van der Waals surface area contributed by atoms with Crippen molar-refractivity contribution in [2.24, 2.45) is 0 Å². The maximum atomic E-state index is 7.09. The Bertz CT molecular complexity index is 3180. The molecule has 0 aromatic heterocycles. The molecule has 9 aromatic carbocycles. The molecule has 3 aliphatic heterocycles. The number of benzene rings is 9. The zero-order valence-electron chi connectivity index (χ0n) is 33.1. The number of anilines is 6. The Hall–Kier alpha value is -7.24. The van der Waals surface area contributed by atoms with Gasteiger partial charge in [-0.15, -0.1) is 0 Å². The van der Waals surface area contributed by atoms with Crippen LogP contribution in [0, 0.1) is 6.92 Å². The molecule has 4 nitrogen and oxygen atoms in total. The van der Waals surface area contributed by atoms with E-state index >= 15 is 0 Å². The zero-order valence-corrected chi connectivity index (χ0v) is 33.1. The highest BCUT2D eigenvalue weighted by atomic mass is 16.5. The summed E-state index contributed by atoms with van der Waals surface area (Å²) in [6, 6.07) is 65.7. The first-order valence-electron chi connectivity index (χ1n) is 20.5. The van der Waals surface area contributed by atoms with E-state index in [1.807, 2.05) is 6.07 Å². The van der Waals surface area contributed by atoms with Gasteiger partial charge in [-0.3, -0.25) is 0 Å². The van der Waals surface area contributed by atoms with Gasteiger partial charge in [0.1, 0.15) is 23.0 Å². The second-order valence-electron chi connectivity index (χ2n) is 16.5. The fourth-order valence-electron chi connectivity index (χ4n) is 10.0. The summed E-state index contributed by atoms with van der Waals surface area (Å²) in [7, 11) is 0. The number of rotatable bonds is 4. The summed E-state index contributed by atoms with van der Waals surface area (Å²) in [5.41, 5.74) is 13.6.